The van der Waals surface area contributed by atoms with E-state index in [0.717, 1.165) is 44.5 Å². The Morgan fingerprint density at radius 2 is 1.78 bits per heavy atom. The Balaban J connectivity index is 1.65. The van der Waals surface area contributed by atoms with Crippen LogP contribution in [0.5, 0.6) is 5.75 Å². The molecule has 0 heterocycles. The molecule has 2 heteroatoms. The minimum Gasteiger partial charge on any atom is -0.494 e. The summed E-state index contributed by atoms with van der Waals surface area (Å²) in [7, 11) is 0. The largest absolute Gasteiger partial charge is 0.494 e. The van der Waals surface area contributed by atoms with E-state index in [-0.39, 0.29) is 6.61 Å². The predicted molar refractivity (Wildman–Crippen MR) is 95.5 cm³/mol. The number of hydrogen-bond acceptors (Lipinski definition) is 2. The van der Waals surface area contributed by atoms with Crippen molar-refractivity contribution in [2.24, 2.45) is 0 Å². The fourth-order valence-electron chi connectivity index (χ4n) is 3.02. The molecule has 2 aromatic carbocycles. The second-order valence-corrected chi connectivity index (χ2v) is 6.03. The highest BCUT2D eigenvalue weighted by molar-refractivity contribution is 5.84. The first kappa shape index (κ1) is 15.8. The van der Waals surface area contributed by atoms with Crippen LogP contribution in [0.2, 0.25) is 0 Å². The van der Waals surface area contributed by atoms with E-state index in [1.165, 1.54) is 22.3 Å². The number of aliphatic hydroxyl groups excluding tert-OH is 1. The van der Waals surface area contributed by atoms with Gasteiger partial charge in [-0.15, -0.1) is 0 Å². The Hall–Kier alpha value is -2.06. The smallest absolute Gasteiger partial charge is 0.119 e. The summed E-state index contributed by atoms with van der Waals surface area (Å²) in [4.78, 5) is 0. The van der Waals surface area contributed by atoms with Gasteiger partial charge in [-0.05, 0) is 66.5 Å². The van der Waals surface area contributed by atoms with Gasteiger partial charge in [0.2, 0.25) is 0 Å². The van der Waals surface area contributed by atoms with E-state index < -0.39 is 0 Å². The summed E-state index contributed by atoms with van der Waals surface area (Å²) in [6, 6.07) is 17.0. The lowest BCUT2D eigenvalue weighted by Crippen LogP contribution is -2.02. The van der Waals surface area contributed by atoms with Crippen molar-refractivity contribution in [3.63, 3.8) is 0 Å². The van der Waals surface area contributed by atoms with E-state index in [1.54, 1.807) is 0 Å². The molecule has 120 valence electrons. The number of fused-ring (bicyclic) bond motifs is 1. The van der Waals surface area contributed by atoms with Crippen molar-refractivity contribution in [2.75, 3.05) is 13.2 Å². The van der Waals surface area contributed by atoms with Crippen LogP contribution >= 0.6 is 0 Å². The third-order valence-electron chi connectivity index (χ3n) is 4.32. The third kappa shape index (κ3) is 4.23. The highest BCUT2D eigenvalue weighted by atomic mass is 16.5. The second-order valence-electron chi connectivity index (χ2n) is 6.03. The van der Waals surface area contributed by atoms with E-state index in [9.17, 15) is 0 Å². The molecule has 0 aromatic heterocycles. The second kappa shape index (κ2) is 7.98. The average molecular weight is 308 g/mol. The van der Waals surface area contributed by atoms with Crippen LogP contribution < -0.4 is 4.74 Å². The maximum atomic E-state index is 8.77. The summed E-state index contributed by atoms with van der Waals surface area (Å²) in [5.41, 5.74) is 5.42. The van der Waals surface area contributed by atoms with E-state index in [2.05, 4.69) is 54.6 Å². The molecule has 0 atom stereocenters. The number of hydrogen-bond donors (Lipinski definition) is 1. The minimum absolute atomic E-state index is 0.273. The zero-order chi connectivity index (χ0) is 15.9. The summed E-state index contributed by atoms with van der Waals surface area (Å²) < 4.78 is 5.83. The van der Waals surface area contributed by atoms with Gasteiger partial charge in [-0.3, -0.25) is 0 Å². The monoisotopic (exact) mass is 308 g/mol. The van der Waals surface area contributed by atoms with Gasteiger partial charge in [0.25, 0.3) is 0 Å². The molecule has 3 rings (SSSR count). The van der Waals surface area contributed by atoms with Crippen molar-refractivity contribution < 1.29 is 9.84 Å². The van der Waals surface area contributed by atoms with Gasteiger partial charge < -0.3 is 9.84 Å². The molecule has 1 N–H and O–H groups in total. The Morgan fingerprint density at radius 3 is 2.61 bits per heavy atom. The lowest BCUT2D eigenvalue weighted by molar-refractivity contribution is 0.266. The molecule has 2 aromatic rings. The fourth-order valence-corrected chi connectivity index (χ4v) is 3.02. The highest BCUT2D eigenvalue weighted by Crippen LogP contribution is 2.32. The standard InChI is InChI=1S/C21H24O2/c22-13-5-2-6-14-23-21-12-11-19-15-18(9-10-20(19)16-21)17-7-3-1-4-8-17/h1,3-4,7-8,11-12,15-16,22H,2,5-6,9-10,13-14H2. The summed E-state index contributed by atoms with van der Waals surface area (Å²) in [6.07, 6.45) is 7.33. The number of aryl methyl sites for hydroxylation is 1. The number of aliphatic hydroxyl groups is 1. The lowest BCUT2D eigenvalue weighted by Gasteiger charge is -2.18. The van der Waals surface area contributed by atoms with E-state index in [1.807, 2.05) is 0 Å². The maximum absolute atomic E-state index is 8.77. The Labute approximate surface area is 138 Å². The van der Waals surface area contributed by atoms with Crippen molar-refractivity contribution >= 4 is 11.6 Å². The molecule has 0 spiro atoms. The molecule has 0 unspecified atom stereocenters. The summed E-state index contributed by atoms with van der Waals surface area (Å²) in [5.74, 6) is 0.962. The van der Waals surface area contributed by atoms with Gasteiger partial charge in [-0.2, -0.15) is 0 Å². The van der Waals surface area contributed by atoms with Gasteiger partial charge in [-0.25, -0.2) is 0 Å². The van der Waals surface area contributed by atoms with E-state index in [4.69, 9.17) is 9.84 Å². The summed E-state index contributed by atoms with van der Waals surface area (Å²) in [5, 5.41) is 8.77. The van der Waals surface area contributed by atoms with Crippen molar-refractivity contribution in [3.8, 4) is 5.75 Å². The molecule has 0 saturated carbocycles. The van der Waals surface area contributed by atoms with Gasteiger partial charge in [0.1, 0.15) is 5.75 Å². The third-order valence-corrected chi connectivity index (χ3v) is 4.32. The van der Waals surface area contributed by atoms with Gasteiger partial charge in [0.05, 0.1) is 6.61 Å². The number of rotatable bonds is 7. The first-order valence-corrected chi connectivity index (χ1v) is 8.49. The molecular weight excluding hydrogens is 284 g/mol. The minimum atomic E-state index is 0.273. The topological polar surface area (TPSA) is 29.5 Å². The quantitative estimate of drug-likeness (QED) is 0.750. The molecule has 0 amide bonds. The van der Waals surface area contributed by atoms with Gasteiger partial charge in [-0.1, -0.05) is 42.5 Å². The molecule has 1 aliphatic rings. The molecule has 2 nitrogen and oxygen atoms in total. The van der Waals surface area contributed by atoms with Crippen LogP contribution in [0.3, 0.4) is 0 Å². The SMILES string of the molecule is OCCCCCOc1ccc2c(c1)CCC(c1ccccc1)=C2. The van der Waals surface area contributed by atoms with Crippen LogP contribution in [0.1, 0.15) is 42.4 Å². The zero-order valence-corrected chi connectivity index (χ0v) is 13.5. The lowest BCUT2D eigenvalue weighted by atomic mass is 9.88. The van der Waals surface area contributed by atoms with Crippen LogP contribution in [-0.4, -0.2) is 18.3 Å². The summed E-state index contributed by atoms with van der Waals surface area (Å²) >= 11 is 0. The Bertz CT molecular complexity index is 659. The first-order valence-electron chi connectivity index (χ1n) is 8.49. The molecule has 0 radical (unpaired) electrons. The van der Waals surface area contributed by atoms with Crippen molar-refractivity contribution in [2.45, 2.75) is 32.1 Å². The van der Waals surface area contributed by atoms with Gasteiger partial charge in [0, 0.05) is 6.61 Å². The fraction of sp³-hybridized carbons (Fsp3) is 0.333. The number of allylic oxidation sites excluding steroid dienone is 1. The predicted octanol–water partition coefficient (Wildman–Crippen LogP) is 4.71. The molecule has 0 bridgehead atoms. The van der Waals surface area contributed by atoms with E-state index >= 15 is 0 Å². The number of benzene rings is 2. The molecule has 23 heavy (non-hydrogen) atoms. The van der Waals surface area contributed by atoms with Gasteiger partial charge >= 0.3 is 0 Å². The molecule has 0 aliphatic heterocycles. The number of ether oxygens (including phenoxy) is 1. The Kier molecular flexibility index (Phi) is 5.49. The zero-order valence-electron chi connectivity index (χ0n) is 13.5. The Morgan fingerprint density at radius 1 is 0.913 bits per heavy atom. The van der Waals surface area contributed by atoms with E-state index in [0.29, 0.717) is 0 Å². The van der Waals surface area contributed by atoms with Crippen LogP contribution in [0, 0.1) is 0 Å². The molecular formula is C21H24O2. The van der Waals surface area contributed by atoms with Crippen LogP contribution in [-0.2, 0) is 6.42 Å². The van der Waals surface area contributed by atoms with Crippen LogP contribution in [0.25, 0.3) is 11.6 Å². The van der Waals surface area contributed by atoms with Crippen molar-refractivity contribution in [3.05, 3.63) is 65.2 Å². The van der Waals surface area contributed by atoms with Gasteiger partial charge in [0.15, 0.2) is 0 Å². The normalized spacial score (nSPS) is 13.3. The van der Waals surface area contributed by atoms with Crippen molar-refractivity contribution in [1.29, 1.82) is 0 Å². The average Bonchev–Trinajstić information content (AvgIpc) is 2.62. The number of unbranched alkanes of at least 4 members (excludes halogenated alkanes) is 2. The van der Waals surface area contributed by atoms with Crippen LogP contribution in [0.15, 0.2) is 48.5 Å². The van der Waals surface area contributed by atoms with Crippen molar-refractivity contribution in [1.82, 2.24) is 0 Å². The first-order chi connectivity index (χ1) is 11.4. The molecule has 1 aliphatic carbocycles. The molecule has 0 fully saturated rings. The molecule has 0 saturated heterocycles. The van der Waals surface area contributed by atoms with Crippen LogP contribution in [0.4, 0.5) is 0 Å². The highest BCUT2D eigenvalue weighted by Gasteiger charge is 2.12. The maximum Gasteiger partial charge on any atom is 0.119 e. The summed E-state index contributed by atoms with van der Waals surface area (Å²) in [6.45, 7) is 0.999.